The van der Waals surface area contributed by atoms with Crippen LogP contribution < -0.4 is 10.2 Å². The fourth-order valence-corrected chi connectivity index (χ4v) is 4.44. The molecule has 1 aliphatic heterocycles. The Morgan fingerprint density at radius 2 is 1.89 bits per heavy atom. The van der Waals surface area contributed by atoms with Gasteiger partial charge in [0.25, 0.3) is 5.91 Å². The molecular weight excluding hydrogens is 454 g/mol. The van der Waals surface area contributed by atoms with Crippen LogP contribution in [0.4, 0.5) is 20.3 Å². The zero-order chi connectivity index (χ0) is 25.9. The molecule has 186 valence electrons. The van der Waals surface area contributed by atoms with Gasteiger partial charge in [-0.1, -0.05) is 18.2 Å². The zero-order valence-electron chi connectivity index (χ0n) is 20.9. The number of nitrogens with zero attached hydrogens (tertiary/aromatic N) is 3. The molecule has 9 heteroatoms. The Morgan fingerprint density at radius 3 is 2.51 bits per heavy atom. The number of halogens is 2. The fraction of sp³-hybridized carbons (Fsp3) is 0.423. The number of rotatable bonds is 6. The van der Waals surface area contributed by atoms with Gasteiger partial charge in [0.1, 0.15) is 17.2 Å². The third-order valence-corrected chi connectivity index (χ3v) is 6.79. The van der Waals surface area contributed by atoms with Crippen molar-refractivity contribution in [2.24, 2.45) is 0 Å². The van der Waals surface area contributed by atoms with E-state index in [1.54, 1.807) is 37.9 Å². The third kappa shape index (κ3) is 3.92. The first-order valence-corrected chi connectivity index (χ1v) is 11.3. The molecule has 0 spiro atoms. The van der Waals surface area contributed by atoms with E-state index in [-0.39, 0.29) is 17.5 Å². The summed E-state index contributed by atoms with van der Waals surface area (Å²) in [7, 11) is 3.19. The number of aromatic nitrogens is 2. The van der Waals surface area contributed by atoms with Crippen molar-refractivity contribution in [3.8, 4) is 0 Å². The number of amides is 1. The first kappa shape index (κ1) is 24.9. The predicted octanol–water partition coefficient (Wildman–Crippen LogP) is 4.81. The van der Waals surface area contributed by atoms with Crippen molar-refractivity contribution in [3.05, 3.63) is 58.9 Å². The monoisotopic (exact) mass is 484 g/mol. The van der Waals surface area contributed by atoms with Crippen LogP contribution in [0.3, 0.4) is 0 Å². The number of fused-ring (bicyclic) bond motifs is 2. The van der Waals surface area contributed by atoms with Gasteiger partial charge < -0.3 is 20.1 Å². The Labute approximate surface area is 203 Å². The Kier molecular flexibility index (Phi) is 5.84. The van der Waals surface area contributed by atoms with Crippen molar-refractivity contribution in [1.82, 2.24) is 9.97 Å². The second-order valence-electron chi connectivity index (χ2n) is 9.73. The van der Waals surface area contributed by atoms with Crippen LogP contribution in [-0.2, 0) is 21.1 Å². The van der Waals surface area contributed by atoms with Crippen LogP contribution in [0, 0.1) is 6.92 Å². The maximum atomic E-state index is 14.7. The molecule has 0 fully saturated rings. The summed E-state index contributed by atoms with van der Waals surface area (Å²) >= 11 is 0. The van der Waals surface area contributed by atoms with E-state index in [1.807, 2.05) is 19.1 Å². The summed E-state index contributed by atoms with van der Waals surface area (Å²) in [4.78, 5) is 23.5. The molecule has 1 aliphatic rings. The molecule has 0 saturated heterocycles. The van der Waals surface area contributed by atoms with E-state index in [2.05, 4.69) is 15.3 Å². The SMILES string of the molecule is COC1(C)C(=O)N(C)c2cc3c(N[C@H](C)c4cccc(C(F)(F)C(C)(C)O)c4)nc(C)nc3cc21. The van der Waals surface area contributed by atoms with Crippen LogP contribution in [0.15, 0.2) is 36.4 Å². The molecule has 3 aromatic rings. The molecular formula is C26H30F2N4O3. The number of nitrogens with one attached hydrogen (secondary N) is 1. The molecule has 4 rings (SSSR count). The average molecular weight is 485 g/mol. The summed E-state index contributed by atoms with van der Waals surface area (Å²) in [5.41, 5.74) is -0.916. The van der Waals surface area contributed by atoms with Crippen LogP contribution in [-0.4, -0.2) is 40.7 Å². The number of aliphatic hydroxyl groups is 1. The Morgan fingerprint density at radius 1 is 1.20 bits per heavy atom. The van der Waals surface area contributed by atoms with E-state index in [4.69, 9.17) is 4.74 Å². The highest BCUT2D eigenvalue weighted by Gasteiger charge is 2.48. The predicted molar refractivity (Wildman–Crippen MR) is 131 cm³/mol. The first-order chi connectivity index (χ1) is 16.2. The number of carbonyl (C=O) groups is 1. The van der Waals surface area contributed by atoms with Crippen LogP contribution in [0.5, 0.6) is 0 Å². The Bertz CT molecular complexity index is 1320. The van der Waals surface area contributed by atoms with Gasteiger partial charge in [0.2, 0.25) is 0 Å². The van der Waals surface area contributed by atoms with Crippen molar-refractivity contribution in [2.75, 3.05) is 24.4 Å². The van der Waals surface area contributed by atoms with Gasteiger partial charge in [-0.05, 0) is 58.4 Å². The van der Waals surface area contributed by atoms with Crippen LogP contribution in [0.1, 0.15) is 56.3 Å². The standard InChI is InChI=1S/C26H30F2N4O3/c1-14(16-9-8-10-17(11-16)26(27,28)24(3,4)34)29-22-18-12-21-19(13-20(18)30-15(2)31-22)25(5,35-7)23(33)32(21)6/h8-14,34H,1-7H3,(H,29,30,31)/t14-,25?/m1/s1. The lowest BCUT2D eigenvalue weighted by Crippen LogP contribution is -2.40. The lowest BCUT2D eigenvalue weighted by molar-refractivity contribution is -0.168. The summed E-state index contributed by atoms with van der Waals surface area (Å²) in [5.74, 6) is -2.56. The van der Waals surface area contributed by atoms with Gasteiger partial charge in [-0.3, -0.25) is 4.79 Å². The molecule has 0 aliphatic carbocycles. The average Bonchev–Trinajstić information content (AvgIpc) is 2.98. The number of aryl methyl sites for hydroxylation is 1. The first-order valence-electron chi connectivity index (χ1n) is 11.3. The number of likely N-dealkylation sites (N-methyl/N-ethyl adjacent to an activating group) is 1. The summed E-state index contributed by atoms with van der Waals surface area (Å²) in [6.45, 7) is 7.52. The maximum absolute atomic E-state index is 14.7. The maximum Gasteiger partial charge on any atom is 0.300 e. The van der Waals surface area contributed by atoms with Crippen molar-refractivity contribution in [2.45, 2.75) is 57.8 Å². The number of ether oxygens (including phenoxy) is 1. The van der Waals surface area contributed by atoms with Gasteiger partial charge in [0.05, 0.1) is 11.2 Å². The smallest absolute Gasteiger partial charge is 0.300 e. The summed E-state index contributed by atoms with van der Waals surface area (Å²) in [6.07, 6.45) is 0. The number of anilines is 2. The van der Waals surface area contributed by atoms with Crippen LogP contribution in [0.2, 0.25) is 0 Å². The molecule has 1 unspecified atom stereocenters. The van der Waals surface area contributed by atoms with Crippen molar-refractivity contribution >= 4 is 28.3 Å². The van der Waals surface area contributed by atoms with Crippen molar-refractivity contribution in [3.63, 3.8) is 0 Å². The minimum atomic E-state index is -3.42. The largest absolute Gasteiger partial charge is 0.384 e. The molecule has 2 atom stereocenters. The molecule has 2 heterocycles. The van der Waals surface area contributed by atoms with Crippen LogP contribution in [0.25, 0.3) is 10.9 Å². The van der Waals surface area contributed by atoms with Crippen molar-refractivity contribution in [1.29, 1.82) is 0 Å². The van der Waals surface area contributed by atoms with E-state index in [0.717, 1.165) is 19.4 Å². The minimum absolute atomic E-state index is 0.178. The molecule has 1 amide bonds. The van der Waals surface area contributed by atoms with E-state index in [0.29, 0.717) is 33.8 Å². The van der Waals surface area contributed by atoms with Gasteiger partial charge in [0.15, 0.2) is 5.60 Å². The minimum Gasteiger partial charge on any atom is -0.384 e. The van der Waals surface area contributed by atoms with Gasteiger partial charge in [-0.25, -0.2) is 9.97 Å². The lowest BCUT2D eigenvalue weighted by Gasteiger charge is -2.30. The second kappa shape index (κ2) is 8.20. The quantitative estimate of drug-likeness (QED) is 0.522. The number of hydrogen-bond acceptors (Lipinski definition) is 6. The highest BCUT2D eigenvalue weighted by Crippen LogP contribution is 2.44. The number of alkyl halides is 2. The molecule has 35 heavy (non-hydrogen) atoms. The van der Waals surface area contributed by atoms with Gasteiger partial charge in [-0.2, -0.15) is 8.78 Å². The Hall–Kier alpha value is -3.17. The summed E-state index contributed by atoms with van der Waals surface area (Å²) in [6, 6.07) is 9.28. The zero-order valence-corrected chi connectivity index (χ0v) is 20.9. The molecule has 7 nitrogen and oxygen atoms in total. The van der Waals surface area contributed by atoms with E-state index >= 15 is 0 Å². The Balaban J connectivity index is 1.76. The van der Waals surface area contributed by atoms with E-state index < -0.39 is 17.1 Å². The van der Waals surface area contributed by atoms with E-state index in [1.165, 1.54) is 19.2 Å². The topological polar surface area (TPSA) is 87.6 Å². The molecule has 2 N–H and O–H groups in total. The summed E-state index contributed by atoms with van der Waals surface area (Å²) in [5, 5.41) is 14.0. The number of hydrogen-bond donors (Lipinski definition) is 2. The van der Waals surface area contributed by atoms with Gasteiger partial charge in [0, 0.05) is 36.7 Å². The van der Waals surface area contributed by atoms with E-state index in [9.17, 15) is 18.7 Å². The number of methoxy groups -OCH3 is 1. The molecule has 2 aromatic carbocycles. The number of benzene rings is 2. The van der Waals surface area contributed by atoms with Crippen LogP contribution >= 0.6 is 0 Å². The molecule has 0 radical (unpaired) electrons. The van der Waals surface area contributed by atoms with Gasteiger partial charge >= 0.3 is 5.92 Å². The summed E-state index contributed by atoms with van der Waals surface area (Å²) < 4.78 is 35.1. The van der Waals surface area contributed by atoms with Crippen molar-refractivity contribution < 1.29 is 23.4 Å². The third-order valence-electron chi connectivity index (χ3n) is 6.79. The molecule has 0 saturated carbocycles. The lowest BCUT2D eigenvalue weighted by atomic mass is 9.91. The van der Waals surface area contributed by atoms with Gasteiger partial charge in [-0.15, -0.1) is 0 Å². The normalized spacial score (nSPS) is 19.3. The molecule has 1 aromatic heterocycles. The highest BCUT2D eigenvalue weighted by atomic mass is 19.3. The number of carbonyl (C=O) groups excluding carboxylic acids is 1. The fourth-order valence-electron chi connectivity index (χ4n) is 4.44. The molecule has 0 bridgehead atoms. The second-order valence-corrected chi connectivity index (χ2v) is 9.73. The highest BCUT2D eigenvalue weighted by molar-refractivity contribution is 6.09.